The number of hydrogen-bond donors (Lipinski definition) is 1. The molecule has 0 spiro atoms. The number of rotatable bonds is 4. The number of H-pyrrole nitrogens is 1. The van der Waals surface area contributed by atoms with Gasteiger partial charge in [0.2, 0.25) is 0 Å². The number of nitrogens with one attached hydrogen (secondary N) is 1. The van der Waals surface area contributed by atoms with Gasteiger partial charge in [-0.25, -0.2) is 0 Å². The van der Waals surface area contributed by atoms with Crippen LogP contribution in [0, 0.1) is 0 Å². The predicted octanol–water partition coefficient (Wildman–Crippen LogP) is 1.25. The van der Waals surface area contributed by atoms with Crippen LogP contribution >= 0.6 is 0 Å². The van der Waals surface area contributed by atoms with E-state index < -0.39 is 0 Å². The number of aryl methyl sites for hydroxylation is 2. The number of aromatic amines is 1. The molecule has 0 aliphatic heterocycles. The molecule has 0 saturated heterocycles. The topological polar surface area (TPSA) is 55.0 Å². The molecule has 0 radical (unpaired) electrons. The Morgan fingerprint density at radius 2 is 2.14 bits per heavy atom. The molecule has 0 bridgehead atoms. The molecule has 1 N–H and O–H groups in total. The molecule has 4 nitrogen and oxygen atoms in total. The number of carbonyl (C=O) groups excluding carboxylic acids is 1. The van der Waals surface area contributed by atoms with Crippen molar-refractivity contribution in [2.45, 2.75) is 33.1 Å². The van der Waals surface area contributed by atoms with Crippen LogP contribution in [0.5, 0.6) is 0 Å². The third kappa shape index (κ3) is 2.13. The summed E-state index contributed by atoms with van der Waals surface area (Å²) in [5.74, 6) is -0.212. The highest BCUT2D eigenvalue weighted by atomic mass is 16.5. The fourth-order valence-corrected chi connectivity index (χ4v) is 1.45. The number of ether oxygens (including phenoxy) is 1. The van der Waals surface area contributed by atoms with Crippen molar-refractivity contribution in [3.05, 3.63) is 17.0 Å². The van der Waals surface area contributed by atoms with Gasteiger partial charge in [-0.2, -0.15) is 5.10 Å². The molecule has 14 heavy (non-hydrogen) atoms. The Morgan fingerprint density at radius 3 is 2.64 bits per heavy atom. The summed E-state index contributed by atoms with van der Waals surface area (Å²) in [5.41, 5.74) is 3.00. The smallest absolute Gasteiger partial charge is 0.310 e. The van der Waals surface area contributed by atoms with E-state index in [4.69, 9.17) is 0 Å². The molecule has 4 heteroatoms. The standard InChI is InChI=1S/C10H16N2O2/c1-4-8-7(6-10(13)14-3)9(5-2)12-11-8/h4-6H2,1-3H3,(H,11,12). The lowest BCUT2D eigenvalue weighted by Crippen LogP contribution is -2.07. The van der Waals surface area contributed by atoms with Crippen molar-refractivity contribution in [1.29, 1.82) is 0 Å². The van der Waals surface area contributed by atoms with E-state index in [0.717, 1.165) is 29.8 Å². The third-order valence-corrected chi connectivity index (χ3v) is 2.28. The van der Waals surface area contributed by atoms with Crippen molar-refractivity contribution >= 4 is 5.97 Å². The zero-order valence-corrected chi connectivity index (χ0v) is 8.89. The molecule has 1 heterocycles. The van der Waals surface area contributed by atoms with Gasteiger partial charge in [0.1, 0.15) is 0 Å². The first-order valence-electron chi connectivity index (χ1n) is 4.84. The lowest BCUT2D eigenvalue weighted by Gasteiger charge is -2.01. The number of nitrogens with zero attached hydrogens (tertiary/aromatic N) is 1. The average molecular weight is 196 g/mol. The molecule has 0 aliphatic carbocycles. The minimum absolute atomic E-state index is 0.212. The monoisotopic (exact) mass is 196 g/mol. The van der Waals surface area contributed by atoms with Gasteiger partial charge in [-0.05, 0) is 12.8 Å². The Hall–Kier alpha value is -1.32. The van der Waals surface area contributed by atoms with E-state index in [1.165, 1.54) is 7.11 Å². The first kappa shape index (κ1) is 10.8. The van der Waals surface area contributed by atoms with Crippen LogP contribution in [0.1, 0.15) is 30.8 Å². The largest absolute Gasteiger partial charge is 0.469 e. The van der Waals surface area contributed by atoms with E-state index in [2.05, 4.69) is 14.9 Å². The summed E-state index contributed by atoms with van der Waals surface area (Å²) in [6.07, 6.45) is 2.02. The zero-order valence-electron chi connectivity index (χ0n) is 8.89. The maximum absolute atomic E-state index is 11.2. The molecular formula is C10H16N2O2. The predicted molar refractivity (Wildman–Crippen MR) is 53.1 cm³/mol. The summed E-state index contributed by atoms with van der Waals surface area (Å²) in [6, 6.07) is 0. The van der Waals surface area contributed by atoms with Crippen molar-refractivity contribution in [2.75, 3.05) is 7.11 Å². The lowest BCUT2D eigenvalue weighted by atomic mass is 10.1. The number of carbonyl (C=O) groups is 1. The fourth-order valence-electron chi connectivity index (χ4n) is 1.45. The van der Waals surface area contributed by atoms with Gasteiger partial charge in [-0.3, -0.25) is 9.89 Å². The van der Waals surface area contributed by atoms with E-state index >= 15 is 0 Å². The maximum atomic E-state index is 11.2. The van der Waals surface area contributed by atoms with E-state index in [1.54, 1.807) is 0 Å². The van der Waals surface area contributed by atoms with Crippen LogP contribution in [0.3, 0.4) is 0 Å². The van der Waals surface area contributed by atoms with Crippen LogP contribution in [-0.2, 0) is 28.8 Å². The maximum Gasteiger partial charge on any atom is 0.310 e. The highest BCUT2D eigenvalue weighted by Gasteiger charge is 2.14. The summed E-state index contributed by atoms with van der Waals surface area (Å²) in [7, 11) is 1.40. The lowest BCUT2D eigenvalue weighted by molar-refractivity contribution is -0.139. The van der Waals surface area contributed by atoms with Gasteiger partial charge in [0.05, 0.1) is 19.2 Å². The molecule has 78 valence electrons. The Kier molecular flexibility index (Phi) is 3.68. The van der Waals surface area contributed by atoms with E-state index in [9.17, 15) is 4.79 Å². The molecule has 0 aliphatic rings. The van der Waals surface area contributed by atoms with Crippen LogP contribution in [0.2, 0.25) is 0 Å². The van der Waals surface area contributed by atoms with Gasteiger partial charge in [0, 0.05) is 11.3 Å². The van der Waals surface area contributed by atoms with Gasteiger partial charge >= 0.3 is 5.97 Å². The SMILES string of the molecule is CCc1n[nH]c(CC)c1CC(=O)OC. The highest BCUT2D eigenvalue weighted by molar-refractivity contribution is 5.73. The van der Waals surface area contributed by atoms with E-state index in [-0.39, 0.29) is 5.97 Å². The minimum atomic E-state index is -0.212. The normalized spacial score (nSPS) is 10.2. The molecule has 0 fully saturated rings. The molecule has 0 saturated carbocycles. The highest BCUT2D eigenvalue weighted by Crippen LogP contribution is 2.13. The van der Waals surface area contributed by atoms with Crippen LogP contribution in [-0.4, -0.2) is 23.3 Å². The Bertz CT molecular complexity index is 296. The molecule has 0 atom stereocenters. The minimum Gasteiger partial charge on any atom is -0.469 e. The fraction of sp³-hybridized carbons (Fsp3) is 0.600. The molecule has 1 rings (SSSR count). The van der Waals surface area contributed by atoms with Crippen molar-refractivity contribution in [3.8, 4) is 0 Å². The van der Waals surface area contributed by atoms with Gasteiger partial charge in [0.15, 0.2) is 0 Å². The number of esters is 1. The summed E-state index contributed by atoms with van der Waals surface area (Å²) in [6.45, 7) is 4.06. The van der Waals surface area contributed by atoms with Crippen LogP contribution in [0.4, 0.5) is 0 Å². The molecule has 1 aromatic rings. The molecule has 0 aromatic carbocycles. The second-order valence-electron chi connectivity index (χ2n) is 3.09. The van der Waals surface area contributed by atoms with Crippen LogP contribution in [0.25, 0.3) is 0 Å². The first-order valence-corrected chi connectivity index (χ1v) is 4.84. The second kappa shape index (κ2) is 4.79. The van der Waals surface area contributed by atoms with E-state index in [0.29, 0.717) is 6.42 Å². The second-order valence-corrected chi connectivity index (χ2v) is 3.09. The van der Waals surface area contributed by atoms with Crippen molar-refractivity contribution in [2.24, 2.45) is 0 Å². The van der Waals surface area contributed by atoms with E-state index in [1.807, 2.05) is 13.8 Å². The summed E-state index contributed by atoms with van der Waals surface area (Å²) in [5, 5.41) is 7.11. The van der Waals surface area contributed by atoms with Crippen LogP contribution < -0.4 is 0 Å². The molecular weight excluding hydrogens is 180 g/mol. The Balaban J connectivity index is 2.90. The molecule has 0 unspecified atom stereocenters. The third-order valence-electron chi connectivity index (χ3n) is 2.28. The summed E-state index contributed by atoms with van der Waals surface area (Å²) < 4.78 is 4.64. The number of aromatic nitrogens is 2. The summed E-state index contributed by atoms with van der Waals surface area (Å²) >= 11 is 0. The van der Waals surface area contributed by atoms with Gasteiger partial charge in [-0.15, -0.1) is 0 Å². The van der Waals surface area contributed by atoms with Crippen molar-refractivity contribution in [3.63, 3.8) is 0 Å². The first-order chi connectivity index (χ1) is 6.72. The Morgan fingerprint density at radius 1 is 1.43 bits per heavy atom. The van der Waals surface area contributed by atoms with Crippen molar-refractivity contribution in [1.82, 2.24) is 10.2 Å². The molecule has 0 amide bonds. The van der Waals surface area contributed by atoms with Crippen molar-refractivity contribution < 1.29 is 9.53 Å². The van der Waals surface area contributed by atoms with Gasteiger partial charge in [-0.1, -0.05) is 13.8 Å². The van der Waals surface area contributed by atoms with Gasteiger partial charge in [0.25, 0.3) is 0 Å². The van der Waals surface area contributed by atoms with Gasteiger partial charge < -0.3 is 4.74 Å². The molecule has 1 aromatic heterocycles. The zero-order chi connectivity index (χ0) is 10.6. The quantitative estimate of drug-likeness (QED) is 0.737. The summed E-state index contributed by atoms with van der Waals surface area (Å²) in [4.78, 5) is 11.2. The Labute approximate surface area is 83.7 Å². The number of methoxy groups -OCH3 is 1. The average Bonchev–Trinajstić information content (AvgIpc) is 2.60. The van der Waals surface area contributed by atoms with Crippen LogP contribution in [0.15, 0.2) is 0 Å². The number of hydrogen-bond acceptors (Lipinski definition) is 3.